The van der Waals surface area contributed by atoms with Gasteiger partial charge in [0.25, 0.3) is 0 Å². The number of hydrogen-bond donors (Lipinski definition) is 2. The molecule has 1 atom stereocenters. The summed E-state index contributed by atoms with van der Waals surface area (Å²) in [5.41, 5.74) is 0.689. The number of benzene rings is 1. The minimum atomic E-state index is -0.873. The van der Waals surface area contributed by atoms with Gasteiger partial charge in [-0.1, -0.05) is 36.2 Å². The second-order valence-corrected chi connectivity index (χ2v) is 5.26. The summed E-state index contributed by atoms with van der Waals surface area (Å²) < 4.78 is 0. The van der Waals surface area contributed by atoms with E-state index in [1.54, 1.807) is 25.1 Å². The average molecular weight is 304 g/mol. The molecular formula is C13H15Cl2NO3. The Labute approximate surface area is 121 Å². The summed E-state index contributed by atoms with van der Waals surface area (Å²) in [5.74, 6) is -1.17. The van der Waals surface area contributed by atoms with E-state index < -0.39 is 5.97 Å². The van der Waals surface area contributed by atoms with Gasteiger partial charge in [0.1, 0.15) is 0 Å². The Bertz CT molecular complexity index is 477. The number of nitrogens with one attached hydrogen (secondary N) is 1. The number of halogens is 2. The summed E-state index contributed by atoms with van der Waals surface area (Å²) >= 11 is 11.7. The molecule has 6 heteroatoms. The van der Waals surface area contributed by atoms with Crippen LogP contribution in [0.1, 0.15) is 18.9 Å². The fraction of sp³-hybridized carbons (Fsp3) is 0.385. The van der Waals surface area contributed by atoms with Gasteiger partial charge in [0, 0.05) is 23.0 Å². The van der Waals surface area contributed by atoms with E-state index in [-0.39, 0.29) is 24.7 Å². The van der Waals surface area contributed by atoms with Crippen molar-refractivity contribution in [3.63, 3.8) is 0 Å². The zero-order chi connectivity index (χ0) is 14.4. The molecule has 0 bridgehead atoms. The Hall–Kier alpha value is -1.26. The second kappa shape index (κ2) is 7.36. The SMILES string of the molecule is CC(CNC(=O)Cc1ccc(Cl)cc1Cl)CC(=O)O. The normalized spacial score (nSPS) is 11.9. The van der Waals surface area contributed by atoms with Crippen molar-refractivity contribution in [1.29, 1.82) is 0 Å². The van der Waals surface area contributed by atoms with Crippen LogP contribution in [0, 0.1) is 5.92 Å². The van der Waals surface area contributed by atoms with Crippen LogP contribution in [-0.4, -0.2) is 23.5 Å². The quantitative estimate of drug-likeness (QED) is 0.849. The van der Waals surface area contributed by atoms with Crippen LogP contribution in [0.25, 0.3) is 0 Å². The molecule has 0 aliphatic rings. The predicted molar refractivity (Wildman–Crippen MR) is 74.6 cm³/mol. The lowest BCUT2D eigenvalue weighted by Crippen LogP contribution is -2.30. The first-order valence-electron chi connectivity index (χ1n) is 5.81. The first kappa shape index (κ1) is 15.8. The van der Waals surface area contributed by atoms with Gasteiger partial charge in [-0.05, 0) is 23.6 Å². The smallest absolute Gasteiger partial charge is 0.303 e. The van der Waals surface area contributed by atoms with Gasteiger partial charge >= 0.3 is 5.97 Å². The first-order chi connectivity index (χ1) is 8.88. The second-order valence-electron chi connectivity index (χ2n) is 4.42. The molecule has 0 aliphatic heterocycles. The molecule has 1 rings (SSSR count). The minimum absolute atomic E-state index is 0.0297. The van der Waals surface area contributed by atoms with E-state index in [9.17, 15) is 9.59 Å². The number of hydrogen-bond acceptors (Lipinski definition) is 2. The molecule has 1 unspecified atom stereocenters. The average Bonchev–Trinajstić information content (AvgIpc) is 2.29. The summed E-state index contributed by atoms with van der Waals surface area (Å²) in [4.78, 5) is 22.2. The summed E-state index contributed by atoms with van der Waals surface area (Å²) in [6.07, 6.45) is 0.178. The van der Waals surface area contributed by atoms with Gasteiger partial charge in [0.05, 0.1) is 6.42 Å². The molecule has 0 spiro atoms. The highest BCUT2D eigenvalue weighted by Gasteiger charge is 2.11. The lowest BCUT2D eigenvalue weighted by atomic mass is 10.1. The maximum absolute atomic E-state index is 11.7. The van der Waals surface area contributed by atoms with Crippen LogP contribution in [0.5, 0.6) is 0 Å². The zero-order valence-corrected chi connectivity index (χ0v) is 12.0. The number of carbonyl (C=O) groups is 2. The number of rotatable bonds is 6. The highest BCUT2D eigenvalue weighted by Crippen LogP contribution is 2.21. The molecule has 1 aromatic rings. The molecule has 0 aromatic heterocycles. The molecule has 0 aliphatic carbocycles. The molecule has 19 heavy (non-hydrogen) atoms. The van der Waals surface area contributed by atoms with Crippen LogP contribution in [-0.2, 0) is 16.0 Å². The highest BCUT2D eigenvalue weighted by atomic mass is 35.5. The number of carboxylic acids is 1. The van der Waals surface area contributed by atoms with Crippen molar-refractivity contribution in [2.45, 2.75) is 19.8 Å². The Morgan fingerprint density at radius 2 is 2.05 bits per heavy atom. The summed E-state index contributed by atoms with van der Waals surface area (Å²) in [6.45, 7) is 2.10. The lowest BCUT2D eigenvalue weighted by molar-refractivity contribution is -0.138. The van der Waals surface area contributed by atoms with E-state index in [1.165, 1.54) is 0 Å². The molecule has 104 valence electrons. The topological polar surface area (TPSA) is 66.4 Å². The van der Waals surface area contributed by atoms with E-state index in [0.29, 0.717) is 22.2 Å². The maximum Gasteiger partial charge on any atom is 0.303 e. The monoisotopic (exact) mass is 303 g/mol. The third kappa shape index (κ3) is 5.94. The highest BCUT2D eigenvalue weighted by molar-refractivity contribution is 6.35. The number of aliphatic carboxylic acids is 1. The van der Waals surface area contributed by atoms with Crippen molar-refractivity contribution in [3.05, 3.63) is 33.8 Å². The van der Waals surface area contributed by atoms with Gasteiger partial charge in [0.2, 0.25) is 5.91 Å². The Morgan fingerprint density at radius 3 is 2.63 bits per heavy atom. The maximum atomic E-state index is 11.7. The van der Waals surface area contributed by atoms with E-state index in [0.717, 1.165) is 0 Å². The van der Waals surface area contributed by atoms with Crippen LogP contribution in [0.15, 0.2) is 18.2 Å². The molecule has 0 heterocycles. The number of carbonyl (C=O) groups excluding carboxylic acids is 1. The van der Waals surface area contributed by atoms with Crippen LogP contribution in [0.4, 0.5) is 0 Å². The van der Waals surface area contributed by atoms with Crippen molar-refractivity contribution in [2.75, 3.05) is 6.54 Å². The van der Waals surface area contributed by atoms with E-state index in [4.69, 9.17) is 28.3 Å². The molecule has 1 aromatic carbocycles. The van der Waals surface area contributed by atoms with Crippen molar-refractivity contribution < 1.29 is 14.7 Å². The standard InChI is InChI=1S/C13H15Cl2NO3/c1-8(4-13(18)19)7-16-12(17)5-9-2-3-10(14)6-11(9)15/h2-3,6,8H,4-5,7H2,1H3,(H,16,17)(H,18,19). The fourth-order valence-electron chi connectivity index (χ4n) is 1.56. The molecule has 2 N–H and O–H groups in total. The summed E-state index contributed by atoms with van der Waals surface area (Å²) in [5, 5.41) is 12.3. The Balaban J connectivity index is 2.45. The first-order valence-corrected chi connectivity index (χ1v) is 6.56. The van der Waals surface area contributed by atoms with Gasteiger partial charge in [0.15, 0.2) is 0 Å². The van der Waals surface area contributed by atoms with Crippen LogP contribution >= 0.6 is 23.2 Å². The third-order valence-corrected chi connectivity index (χ3v) is 3.12. The Morgan fingerprint density at radius 1 is 1.37 bits per heavy atom. The van der Waals surface area contributed by atoms with Crippen molar-refractivity contribution in [2.24, 2.45) is 5.92 Å². The van der Waals surface area contributed by atoms with E-state index in [1.807, 2.05) is 0 Å². The molecule has 0 saturated heterocycles. The molecular weight excluding hydrogens is 289 g/mol. The number of carboxylic acid groups (broad SMARTS) is 1. The molecule has 1 amide bonds. The minimum Gasteiger partial charge on any atom is -0.481 e. The number of amides is 1. The molecule has 4 nitrogen and oxygen atoms in total. The largest absolute Gasteiger partial charge is 0.481 e. The molecule has 0 saturated carbocycles. The van der Waals surface area contributed by atoms with Gasteiger partial charge in [-0.15, -0.1) is 0 Å². The van der Waals surface area contributed by atoms with Crippen molar-refractivity contribution in [1.82, 2.24) is 5.32 Å². The summed E-state index contributed by atoms with van der Waals surface area (Å²) in [6, 6.07) is 4.95. The van der Waals surface area contributed by atoms with Gasteiger partial charge in [-0.2, -0.15) is 0 Å². The van der Waals surface area contributed by atoms with E-state index in [2.05, 4.69) is 5.32 Å². The fourth-order valence-corrected chi connectivity index (χ4v) is 2.03. The van der Waals surface area contributed by atoms with Crippen molar-refractivity contribution in [3.8, 4) is 0 Å². The van der Waals surface area contributed by atoms with Crippen molar-refractivity contribution >= 4 is 35.1 Å². The summed E-state index contributed by atoms with van der Waals surface area (Å²) in [7, 11) is 0. The van der Waals surface area contributed by atoms with Crippen LogP contribution < -0.4 is 5.32 Å². The van der Waals surface area contributed by atoms with Crippen LogP contribution in [0.3, 0.4) is 0 Å². The van der Waals surface area contributed by atoms with Gasteiger partial charge in [-0.25, -0.2) is 0 Å². The van der Waals surface area contributed by atoms with Gasteiger partial charge in [-0.3, -0.25) is 9.59 Å². The lowest BCUT2D eigenvalue weighted by Gasteiger charge is -2.11. The third-order valence-electron chi connectivity index (χ3n) is 2.54. The van der Waals surface area contributed by atoms with Crippen LogP contribution in [0.2, 0.25) is 10.0 Å². The van der Waals surface area contributed by atoms with E-state index >= 15 is 0 Å². The Kier molecular flexibility index (Phi) is 6.12. The zero-order valence-electron chi connectivity index (χ0n) is 10.5. The van der Waals surface area contributed by atoms with Gasteiger partial charge < -0.3 is 10.4 Å². The predicted octanol–water partition coefficient (Wildman–Crippen LogP) is 2.76. The molecule has 0 fully saturated rings. The molecule has 0 radical (unpaired) electrons.